The van der Waals surface area contributed by atoms with Gasteiger partial charge >= 0.3 is 5.69 Å². The van der Waals surface area contributed by atoms with E-state index in [1.54, 1.807) is 0 Å². The second-order valence-corrected chi connectivity index (χ2v) is 4.90. The molecule has 0 aliphatic heterocycles. The topological polar surface area (TPSA) is 80.7 Å². The van der Waals surface area contributed by atoms with E-state index in [0.29, 0.717) is 47.7 Å². The Balaban J connectivity index is 2.34. The van der Waals surface area contributed by atoms with Crippen LogP contribution in [0.15, 0.2) is 5.16 Å². The van der Waals surface area contributed by atoms with Gasteiger partial charge in [-0.15, -0.1) is 0 Å². The molecule has 2 aliphatic rings. The molecular weight excluding hydrogens is 234 g/mol. The smallest absolute Gasteiger partial charge is 0.310 e. The molecule has 0 unspecified atom stereocenters. The zero-order valence-electron chi connectivity index (χ0n) is 10.1. The van der Waals surface area contributed by atoms with Crippen LogP contribution in [0, 0.1) is 4.91 Å². The molecule has 0 amide bonds. The summed E-state index contributed by atoms with van der Waals surface area (Å²) in [5.74, 6) is 0. The van der Waals surface area contributed by atoms with Gasteiger partial charge in [0.25, 0.3) is 5.69 Å². The highest BCUT2D eigenvalue weighted by molar-refractivity contribution is 5.99. The minimum atomic E-state index is 0.340. The van der Waals surface area contributed by atoms with Crippen LogP contribution < -0.4 is 4.43 Å². The van der Waals surface area contributed by atoms with Crippen LogP contribution in [0.2, 0.25) is 0 Å². The fourth-order valence-electron chi connectivity index (χ4n) is 2.98. The normalized spacial score (nSPS) is 20.6. The number of oxime groups is 1. The fourth-order valence-corrected chi connectivity index (χ4v) is 2.98. The van der Waals surface area contributed by atoms with Gasteiger partial charge in [0.1, 0.15) is 11.4 Å². The van der Waals surface area contributed by atoms with Gasteiger partial charge in [0.15, 0.2) is 5.71 Å². The molecule has 6 heteroatoms. The van der Waals surface area contributed by atoms with Crippen LogP contribution in [0.5, 0.6) is 0 Å². The molecule has 1 aromatic rings. The molecule has 1 heterocycles. The minimum Gasteiger partial charge on any atom is -0.428 e. The van der Waals surface area contributed by atoms with E-state index in [0.717, 1.165) is 34.8 Å². The summed E-state index contributed by atoms with van der Waals surface area (Å²) in [4.78, 5) is 12.4. The molecule has 6 nitrogen and oxygen atoms in total. The predicted molar refractivity (Wildman–Crippen MR) is 62.9 cm³/mol. The zero-order chi connectivity index (χ0) is 12.7. The quantitative estimate of drug-likeness (QED) is 0.312. The van der Waals surface area contributed by atoms with Crippen LogP contribution in [0.1, 0.15) is 48.5 Å². The first kappa shape index (κ1) is 11.3. The lowest BCUT2D eigenvalue weighted by Crippen LogP contribution is -2.40. The SMILES string of the molecule is O=[n+]1c2c(n(O)c3c1/C(=N\O)CCC3)CCCC2. The van der Waals surface area contributed by atoms with Crippen LogP contribution >= 0.6 is 0 Å². The molecule has 1 aromatic heterocycles. The summed E-state index contributed by atoms with van der Waals surface area (Å²) >= 11 is 0. The largest absolute Gasteiger partial charge is 0.428 e. The van der Waals surface area contributed by atoms with Crippen molar-refractivity contribution in [1.82, 2.24) is 4.73 Å². The summed E-state index contributed by atoms with van der Waals surface area (Å²) in [6.45, 7) is 0. The predicted octanol–water partition coefficient (Wildman–Crippen LogP) is 1.03. The van der Waals surface area contributed by atoms with Crippen molar-refractivity contribution in [2.45, 2.75) is 44.9 Å². The number of nitrogens with zero attached hydrogens (tertiary/aromatic N) is 3. The van der Waals surface area contributed by atoms with Crippen molar-refractivity contribution in [3.05, 3.63) is 27.7 Å². The molecule has 0 saturated carbocycles. The molecule has 0 bridgehead atoms. The van der Waals surface area contributed by atoms with Gasteiger partial charge in [-0.2, -0.15) is 4.73 Å². The average molecular weight is 250 g/mol. The maximum Gasteiger partial charge on any atom is 0.310 e. The Bertz CT molecular complexity index is 589. The van der Waals surface area contributed by atoms with Gasteiger partial charge in [-0.3, -0.25) is 0 Å². The Hall–Kier alpha value is -1.85. The lowest BCUT2D eigenvalue weighted by Gasteiger charge is -2.19. The van der Waals surface area contributed by atoms with E-state index in [9.17, 15) is 10.1 Å². The highest BCUT2D eigenvalue weighted by atomic mass is 16.5. The van der Waals surface area contributed by atoms with Crippen molar-refractivity contribution >= 4 is 5.71 Å². The first-order valence-corrected chi connectivity index (χ1v) is 6.36. The van der Waals surface area contributed by atoms with Crippen molar-refractivity contribution in [1.29, 1.82) is 0 Å². The van der Waals surface area contributed by atoms with Gasteiger partial charge in [-0.05, 0) is 32.1 Å². The maximum atomic E-state index is 12.4. The molecule has 2 aliphatic carbocycles. The lowest BCUT2D eigenvalue weighted by atomic mass is 9.94. The van der Waals surface area contributed by atoms with E-state index in [1.807, 2.05) is 0 Å². The summed E-state index contributed by atoms with van der Waals surface area (Å²) in [7, 11) is 0. The third kappa shape index (κ3) is 1.45. The Morgan fingerprint density at radius 2 is 1.78 bits per heavy atom. The number of aromatic nitrogens is 2. The Labute approximate surface area is 104 Å². The second kappa shape index (κ2) is 4.12. The monoisotopic (exact) mass is 250 g/mol. The van der Waals surface area contributed by atoms with E-state index in [4.69, 9.17) is 5.21 Å². The van der Waals surface area contributed by atoms with Crippen molar-refractivity contribution in [3.8, 4) is 0 Å². The van der Waals surface area contributed by atoms with Crippen LogP contribution in [0.3, 0.4) is 0 Å². The van der Waals surface area contributed by atoms with Gasteiger partial charge in [0.2, 0.25) is 0 Å². The summed E-state index contributed by atoms with van der Waals surface area (Å²) in [5, 5.41) is 22.5. The van der Waals surface area contributed by atoms with Crippen LogP contribution in [-0.4, -0.2) is 20.9 Å². The van der Waals surface area contributed by atoms with Crippen LogP contribution in [-0.2, 0) is 19.3 Å². The Kier molecular flexibility index (Phi) is 2.57. The molecule has 96 valence electrons. The van der Waals surface area contributed by atoms with Crippen molar-refractivity contribution in [2.75, 3.05) is 0 Å². The number of hydrogen-bond donors (Lipinski definition) is 2. The highest BCUT2D eigenvalue weighted by Crippen LogP contribution is 2.24. The average Bonchev–Trinajstić information content (AvgIpc) is 2.44. The van der Waals surface area contributed by atoms with Crippen LogP contribution in [0.4, 0.5) is 0 Å². The first-order chi connectivity index (χ1) is 8.74. The second-order valence-electron chi connectivity index (χ2n) is 4.90. The summed E-state index contributed by atoms with van der Waals surface area (Å²) in [6, 6.07) is 0. The third-order valence-electron chi connectivity index (χ3n) is 3.86. The van der Waals surface area contributed by atoms with E-state index in [1.165, 1.54) is 0 Å². The van der Waals surface area contributed by atoms with E-state index in [-0.39, 0.29) is 0 Å². The van der Waals surface area contributed by atoms with Crippen LogP contribution in [0.25, 0.3) is 0 Å². The van der Waals surface area contributed by atoms with Gasteiger partial charge < -0.3 is 10.4 Å². The Morgan fingerprint density at radius 3 is 2.56 bits per heavy atom. The molecule has 0 fully saturated rings. The van der Waals surface area contributed by atoms with E-state index >= 15 is 0 Å². The van der Waals surface area contributed by atoms with Crippen molar-refractivity contribution in [2.24, 2.45) is 5.16 Å². The molecule has 0 spiro atoms. The first-order valence-electron chi connectivity index (χ1n) is 6.36. The highest BCUT2D eigenvalue weighted by Gasteiger charge is 2.36. The number of fused-ring (bicyclic) bond motifs is 2. The van der Waals surface area contributed by atoms with E-state index < -0.39 is 0 Å². The van der Waals surface area contributed by atoms with Gasteiger partial charge in [0.05, 0.1) is 4.43 Å². The minimum absolute atomic E-state index is 0.340. The molecule has 0 atom stereocenters. The summed E-state index contributed by atoms with van der Waals surface area (Å²) in [6.07, 6.45) is 5.35. The molecule has 18 heavy (non-hydrogen) atoms. The molecule has 0 saturated heterocycles. The van der Waals surface area contributed by atoms with Gasteiger partial charge in [-0.1, -0.05) is 5.16 Å². The van der Waals surface area contributed by atoms with Gasteiger partial charge in [-0.25, -0.2) is 0 Å². The van der Waals surface area contributed by atoms with Gasteiger partial charge in [0, 0.05) is 17.7 Å². The summed E-state index contributed by atoms with van der Waals surface area (Å²) in [5.41, 5.74) is 2.62. The lowest BCUT2D eigenvalue weighted by molar-refractivity contribution is -0.510. The number of hydrogen-bond acceptors (Lipinski definition) is 4. The third-order valence-corrected chi connectivity index (χ3v) is 3.86. The van der Waals surface area contributed by atoms with E-state index in [2.05, 4.69) is 5.16 Å². The zero-order valence-corrected chi connectivity index (χ0v) is 10.1. The molecule has 3 rings (SSSR count). The molecular formula is C12H16N3O3+. The fraction of sp³-hybridized carbons (Fsp3) is 0.583. The number of rotatable bonds is 0. The standard InChI is InChI=1S/C12H15N3O3/c16-13-8-4-3-7-11-12(8)15(18)10-6-2-1-5-9(10)14(11)17/h17H,1-7H2/p+1/b13-8-. The maximum absolute atomic E-state index is 12.4. The summed E-state index contributed by atoms with van der Waals surface area (Å²) < 4.78 is 2.02. The molecule has 0 radical (unpaired) electrons. The molecule has 0 aromatic carbocycles. The molecule has 2 N–H and O–H groups in total. The van der Waals surface area contributed by atoms with Crippen molar-refractivity contribution in [3.63, 3.8) is 0 Å². The van der Waals surface area contributed by atoms with Crippen molar-refractivity contribution < 1.29 is 14.8 Å². The Morgan fingerprint density at radius 1 is 1.06 bits per heavy atom.